The predicted octanol–water partition coefficient (Wildman–Crippen LogP) is 2.23. The highest BCUT2D eigenvalue weighted by atomic mass is 79.9. The number of carbonyl (C=O) groups is 2. The highest BCUT2D eigenvalue weighted by Crippen LogP contribution is 2.16. The van der Waals surface area contributed by atoms with Crippen molar-refractivity contribution in [1.29, 1.82) is 0 Å². The van der Waals surface area contributed by atoms with E-state index in [4.69, 9.17) is 0 Å². The summed E-state index contributed by atoms with van der Waals surface area (Å²) in [7, 11) is 0. The summed E-state index contributed by atoms with van der Waals surface area (Å²) in [5.41, 5.74) is 1.08. The maximum Gasteiger partial charge on any atom is 0.234 e. The second kappa shape index (κ2) is 8.45. The Morgan fingerprint density at radius 3 is 2.70 bits per heavy atom. The molecule has 1 aliphatic rings. The van der Waals surface area contributed by atoms with E-state index in [0.29, 0.717) is 6.54 Å². The van der Waals surface area contributed by atoms with Crippen molar-refractivity contribution in [3.63, 3.8) is 0 Å². The number of amides is 2. The Labute approximate surface area is 145 Å². The zero-order valence-electron chi connectivity index (χ0n) is 13.6. The van der Waals surface area contributed by atoms with Crippen LogP contribution in [0.2, 0.25) is 0 Å². The van der Waals surface area contributed by atoms with Crippen molar-refractivity contribution in [3.8, 4) is 0 Å². The molecule has 0 radical (unpaired) electrons. The van der Waals surface area contributed by atoms with E-state index in [2.05, 4.69) is 31.5 Å². The lowest BCUT2D eigenvalue weighted by Gasteiger charge is -2.32. The molecule has 0 spiro atoms. The second-order valence-corrected chi connectivity index (χ2v) is 7.03. The molecule has 1 aromatic rings. The molecule has 2 unspecified atom stereocenters. The van der Waals surface area contributed by atoms with E-state index < -0.39 is 0 Å². The van der Waals surface area contributed by atoms with Crippen LogP contribution in [0.3, 0.4) is 0 Å². The summed E-state index contributed by atoms with van der Waals surface area (Å²) < 4.78 is 1.03. The summed E-state index contributed by atoms with van der Waals surface area (Å²) in [6.45, 7) is 5.52. The Hall–Kier alpha value is -1.40. The standard InChI is InChI=1S/C17H24BrN3O2/c1-12(14-5-7-15(18)8-6-14)19-17(23)11-21-9-3-4-16(10-21)20-13(2)22/h5-8,12,16H,3-4,9-11H2,1-2H3,(H,19,23)(H,20,22). The molecule has 0 saturated carbocycles. The molecule has 126 valence electrons. The maximum absolute atomic E-state index is 12.2. The van der Waals surface area contributed by atoms with Gasteiger partial charge in [0, 0.05) is 24.0 Å². The van der Waals surface area contributed by atoms with Gasteiger partial charge in [-0.25, -0.2) is 0 Å². The van der Waals surface area contributed by atoms with Crippen LogP contribution in [0.5, 0.6) is 0 Å². The third-order valence-electron chi connectivity index (χ3n) is 4.03. The van der Waals surface area contributed by atoms with Crippen molar-refractivity contribution in [2.75, 3.05) is 19.6 Å². The van der Waals surface area contributed by atoms with Crippen LogP contribution in [0.15, 0.2) is 28.7 Å². The molecule has 0 bridgehead atoms. The van der Waals surface area contributed by atoms with Crippen molar-refractivity contribution < 1.29 is 9.59 Å². The van der Waals surface area contributed by atoms with Gasteiger partial charge in [0.15, 0.2) is 0 Å². The van der Waals surface area contributed by atoms with Gasteiger partial charge in [0.1, 0.15) is 0 Å². The fourth-order valence-electron chi connectivity index (χ4n) is 2.93. The minimum absolute atomic E-state index is 0.00911. The highest BCUT2D eigenvalue weighted by molar-refractivity contribution is 9.10. The first-order chi connectivity index (χ1) is 10.9. The average molecular weight is 382 g/mol. The molecule has 2 amide bonds. The Bertz CT molecular complexity index is 547. The molecule has 0 aromatic heterocycles. The van der Waals surface area contributed by atoms with E-state index in [9.17, 15) is 9.59 Å². The topological polar surface area (TPSA) is 61.4 Å². The molecule has 1 aromatic carbocycles. The first-order valence-electron chi connectivity index (χ1n) is 7.98. The van der Waals surface area contributed by atoms with Gasteiger partial charge in [-0.3, -0.25) is 14.5 Å². The Kier molecular flexibility index (Phi) is 6.59. The van der Waals surface area contributed by atoms with Gasteiger partial charge in [-0.15, -0.1) is 0 Å². The molecule has 1 fully saturated rings. The summed E-state index contributed by atoms with van der Waals surface area (Å²) in [5.74, 6) is 0.00839. The van der Waals surface area contributed by atoms with Crippen molar-refractivity contribution in [1.82, 2.24) is 15.5 Å². The molecule has 2 atom stereocenters. The van der Waals surface area contributed by atoms with Gasteiger partial charge in [-0.1, -0.05) is 28.1 Å². The van der Waals surface area contributed by atoms with E-state index in [-0.39, 0.29) is 23.9 Å². The minimum atomic E-state index is -0.0217. The zero-order valence-corrected chi connectivity index (χ0v) is 15.2. The molecule has 2 rings (SSSR count). The largest absolute Gasteiger partial charge is 0.352 e. The fraction of sp³-hybridized carbons (Fsp3) is 0.529. The van der Waals surface area contributed by atoms with E-state index in [1.54, 1.807) is 0 Å². The van der Waals surface area contributed by atoms with Crippen molar-refractivity contribution in [2.24, 2.45) is 0 Å². The van der Waals surface area contributed by atoms with Crippen LogP contribution in [0.25, 0.3) is 0 Å². The molecule has 23 heavy (non-hydrogen) atoms. The number of benzene rings is 1. The molecular weight excluding hydrogens is 358 g/mol. The van der Waals surface area contributed by atoms with E-state index >= 15 is 0 Å². The average Bonchev–Trinajstić information content (AvgIpc) is 2.47. The Morgan fingerprint density at radius 2 is 2.04 bits per heavy atom. The smallest absolute Gasteiger partial charge is 0.234 e. The summed E-state index contributed by atoms with van der Waals surface area (Å²) in [4.78, 5) is 25.5. The normalized spacial score (nSPS) is 19.9. The SMILES string of the molecule is CC(=O)NC1CCCN(CC(=O)NC(C)c2ccc(Br)cc2)C1. The molecule has 1 saturated heterocycles. The van der Waals surface area contributed by atoms with Crippen LogP contribution in [0.1, 0.15) is 38.3 Å². The Balaban J connectivity index is 1.81. The van der Waals surface area contributed by atoms with Gasteiger partial charge in [-0.05, 0) is 44.0 Å². The number of piperidine rings is 1. The van der Waals surface area contributed by atoms with Gasteiger partial charge in [0.25, 0.3) is 0 Å². The first kappa shape index (κ1) is 17.9. The Morgan fingerprint density at radius 1 is 1.35 bits per heavy atom. The number of nitrogens with zero attached hydrogens (tertiary/aromatic N) is 1. The summed E-state index contributed by atoms with van der Waals surface area (Å²) in [5, 5.41) is 5.98. The van der Waals surface area contributed by atoms with Crippen LogP contribution < -0.4 is 10.6 Å². The third-order valence-corrected chi connectivity index (χ3v) is 4.56. The fourth-order valence-corrected chi connectivity index (χ4v) is 3.19. The van der Waals surface area contributed by atoms with Crippen LogP contribution in [0.4, 0.5) is 0 Å². The second-order valence-electron chi connectivity index (χ2n) is 6.12. The molecule has 6 heteroatoms. The molecule has 1 heterocycles. The lowest BCUT2D eigenvalue weighted by atomic mass is 10.1. The van der Waals surface area contributed by atoms with Crippen molar-refractivity contribution in [3.05, 3.63) is 34.3 Å². The number of hydrogen-bond donors (Lipinski definition) is 2. The number of carbonyl (C=O) groups excluding carboxylic acids is 2. The molecule has 2 N–H and O–H groups in total. The molecule has 5 nitrogen and oxygen atoms in total. The zero-order chi connectivity index (χ0) is 16.8. The van der Waals surface area contributed by atoms with Gasteiger partial charge in [0.05, 0.1) is 12.6 Å². The number of rotatable bonds is 5. The lowest BCUT2D eigenvalue weighted by Crippen LogP contribution is -2.49. The highest BCUT2D eigenvalue weighted by Gasteiger charge is 2.22. The maximum atomic E-state index is 12.2. The van der Waals surface area contributed by atoms with Gasteiger partial charge in [-0.2, -0.15) is 0 Å². The summed E-state index contributed by atoms with van der Waals surface area (Å²) in [6, 6.07) is 8.08. The number of likely N-dealkylation sites (tertiary alicyclic amines) is 1. The van der Waals surface area contributed by atoms with Crippen molar-refractivity contribution in [2.45, 2.75) is 38.8 Å². The summed E-state index contributed by atoms with van der Waals surface area (Å²) >= 11 is 3.41. The quantitative estimate of drug-likeness (QED) is 0.821. The van der Waals surface area contributed by atoms with Gasteiger partial charge >= 0.3 is 0 Å². The molecule has 1 aliphatic heterocycles. The third kappa shape index (κ3) is 5.95. The van der Waals surface area contributed by atoms with Crippen molar-refractivity contribution >= 4 is 27.7 Å². The first-order valence-corrected chi connectivity index (χ1v) is 8.77. The monoisotopic (exact) mass is 381 g/mol. The van der Waals surface area contributed by atoms with Crippen LogP contribution in [0, 0.1) is 0 Å². The number of halogens is 1. The minimum Gasteiger partial charge on any atom is -0.352 e. The van der Waals surface area contributed by atoms with Gasteiger partial charge < -0.3 is 10.6 Å². The van der Waals surface area contributed by atoms with Crippen LogP contribution in [-0.4, -0.2) is 42.4 Å². The van der Waals surface area contributed by atoms with E-state index in [1.807, 2.05) is 31.2 Å². The number of hydrogen-bond acceptors (Lipinski definition) is 3. The van der Waals surface area contributed by atoms with E-state index in [1.165, 1.54) is 6.92 Å². The van der Waals surface area contributed by atoms with Crippen LogP contribution in [-0.2, 0) is 9.59 Å². The van der Waals surface area contributed by atoms with E-state index in [0.717, 1.165) is 36.0 Å². The predicted molar refractivity (Wildman–Crippen MR) is 94.0 cm³/mol. The number of nitrogens with one attached hydrogen (secondary N) is 2. The molecule has 0 aliphatic carbocycles. The van der Waals surface area contributed by atoms with Crippen LogP contribution >= 0.6 is 15.9 Å². The van der Waals surface area contributed by atoms with Gasteiger partial charge in [0.2, 0.25) is 11.8 Å². The summed E-state index contributed by atoms with van der Waals surface area (Å²) in [6.07, 6.45) is 1.98. The lowest BCUT2D eigenvalue weighted by molar-refractivity contribution is -0.123. The molecular formula is C17H24BrN3O2.